The number of aliphatic hydroxyl groups is 2. The van der Waals surface area contributed by atoms with Crippen LogP contribution in [0.5, 0.6) is 0 Å². The van der Waals surface area contributed by atoms with Gasteiger partial charge in [-0.25, -0.2) is 15.0 Å². The van der Waals surface area contributed by atoms with Gasteiger partial charge >= 0.3 is 0 Å². The first-order valence-corrected chi connectivity index (χ1v) is 5.09. The van der Waals surface area contributed by atoms with Gasteiger partial charge in [0.25, 0.3) is 0 Å². The summed E-state index contributed by atoms with van der Waals surface area (Å²) < 4.78 is 6.83. The fourth-order valence-electron chi connectivity index (χ4n) is 1.89. The van der Waals surface area contributed by atoms with Crippen LogP contribution in [0.1, 0.15) is 6.23 Å². The minimum atomic E-state index is -1.01. The van der Waals surface area contributed by atoms with Gasteiger partial charge in [-0.15, -0.1) is 0 Å². The number of nitrogens with two attached hydrogens (primary N) is 1. The lowest BCUT2D eigenvalue weighted by Gasteiger charge is -2.16. The first kappa shape index (κ1) is 10.4. The van der Waals surface area contributed by atoms with E-state index < -0.39 is 18.4 Å². The fraction of sp³-hybridized carbons (Fsp3) is 0.444. The molecule has 1 saturated heterocycles. The van der Waals surface area contributed by atoms with Crippen molar-refractivity contribution in [3.63, 3.8) is 0 Å². The number of hydrogen-bond donors (Lipinski definition) is 3. The molecule has 0 spiro atoms. The number of aromatic nitrogens is 4. The van der Waals surface area contributed by atoms with Gasteiger partial charge in [-0.1, -0.05) is 0 Å². The standard InChI is InChI=1S/C9H11N5O3/c10-7-5-8(12-2-11-7)14(3-13-5)9-6(16)4(15)1-17-9/h2-4,6,9,15-16H,1H2,(H2,10,11,12)/t4?,6?,9-/m1/s1. The summed E-state index contributed by atoms with van der Waals surface area (Å²) in [4.78, 5) is 11.9. The Balaban J connectivity index is 2.10. The maximum absolute atomic E-state index is 9.76. The Bertz CT molecular complexity index is 557. The number of imidazole rings is 1. The van der Waals surface area contributed by atoms with Gasteiger partial charge in [-0.05, 0) is 0 Å². The second-order valence-corrected chi connectivity index (χ2v) is 3.86. The summed E-state index contributed by atoms with van der Waals surface area (Å²) in [5.41, 5.74) is 6.57. The lowest BCUT2D eigenvalue weighted by molar-refractivity contribution is -0.0162. The van der Waals surface area contributed by atoms with Crippen LogP contribution in [0.15, 0.2) is 12.7 Å². The van der Waals surface area contributed by atoms with Gasteiger partial charge < -0.3 is 20.7 Å². The highest BCUT2D eigenvalue weighted by Gasteiger charge is 2.36. The predicted molar refractivity (Wildman–Crippen MR) is 56.7 cm³/mol. The molecule has 0 amide bonds. The van der Waals surface area contributed by atoms with Crippen molar-refractivity contribution in [1.29, 1.82) is 0 Å². The molecule has 4 N–H and O–H groups in total. The van der Waals surface area contributed by atoms with E-state index in [1.807, 2.05) is 0 Å². The Morgan fingerprint density at radius 2 is 2.18 bits per heavy atom. The van der Waals surface area contributed by atoms with Gasteiger partial charge in [0.15, 0.2) is 17.7 Å². The van der Waals surface area contributed by atoms with E-state index in [2.05, 4.69) is 15.0 Å². The number of rotatable bonds is 1. The molecule has 1 fully saturated rings. The van der Waals surface area contributed by atoms with Crippen molar-refractivity contribution in [1.82, 2.24) is 19.5 Å². The molecule has 1 aliphatic heterocycles. The van der Waals surface area contributed by atoms with Crippen LogP contribution in [0.4, 0.5) is 5.82 Å². The van der Waals surface area contributed by atoms with Crippen molar-refractivity contribution in [3.05, 3.63) is 12.7 Å². The quantitative estimate of drug-likeness (QED) is 0.561. The van der Waals surface area contributed by atoms with Crippen molar-refractivity contribution in [2.75, 3.05) is 12.3 Å². The SMILES string of the molecule is Nc1ncnc2c1ncn2[C@@H]1OCC(O)C1O. The molecule has 3 rings (SSSR count). The number of fused-ring (bicyclic) bond motifs is 1. The molecular weight excluding hydrogens is 226 g/mol. The number of hydrogen-bond acceptors (Lipinski definition) is 7. The fourth-order valence-corrected chi connectivity index (χ4v) is 1.89. The van der Waals surface area contributed by atoms with Crippen LogP contribution in [0.3, 0.4) is 0 Å². The molecule has 1 aliphatic rings. The molecule has 90 valence electrons. The molecule has 3 atom stereocenters. The molecule has 0 aliphatic carbocycles. The number of aliphatic hydroxyl groups excluding tert-OH is 2. The molecule has 0 bridgehead atoms. The topological polar surface area (TPSA) is 119 Å². The average molecular weight is 237 g/mol. The van der Waals surface area contributed by atoms with Crippen molar-refractivity contribution in [2.45, 2.75) is 18.4 Å². The lowest BCUT2D eigenvalue weighted by atomic mass is 10.2. The normalized spacial score (nSPS) is 28.9. The molecule has 8 nitrogen and oxygen atoms in total. The summed E-state index contributed by atoms with van der Waals surface area (Å²) in [7, 11) is 0. The zero-order valence-electron chi connectivity index (χ0n) is 8.76. The summed E-state index contributed by atoms with van der Waals surface area (Å²) in [6, 6.07) is 0. The smallest absolute Gasteiger partial charge is 0.167 e. The predicted octanol–water partition coefficient (Wildman–Crippen LogP) is -1.34. The van der Waals surface area contributed by atoms with E-state index in [-0.39, 0.29) is 12.4 Å². The zero-order valence-corrected chi connectivity index (χ0v) is 8.76. The number of ether oxygens (including phenoxy) is 1. The van der Waals surface area contributed by atoms with Crippen LogP contribution in [-0.2, 0) is 4.74 Å². The first-order valence-electron chi connectivity index (χ1n) is 5.09. The summed E-state index contributed by atoms with van der Waals surface area (Å²) in [6.45, 7) is 0.0755. The number of nitrogen functional groups attached to an aromatic ring is 1. The van der Waals surface area contributed by atoms with E-state index in [9.17, 15) is 10.2 Å². The molecule has 0 aromatic carbocycles. The molecule has 2 aromatic heterocycles. The van der Waals surface area contributed by atoms with Gasteiger partial charge in [0, 0.05) is 0 Å². The minimum Gasteiger partial charge on any atom is -0.388 e. The Labute approximate surface area is 95.7 Å². The van der Waals surface area contributed by atoms with E-state index in [0.717, 1.165) is 0 Å². The van der Waals surface area contributed by atoms with E-state index in [1.165, 1.54) is 17.2 Å². The van der Waals surface area contributed by atoms with Crippen LogP contribution >= 0.6 is 0 Å². The summed E-state index contributed by atoms with van der Waals surface area (Å²) in [5, 5.41) is 19.2. The van der Waals surface area contributed by atoms with Crippen LogP contribution in [0, 0.1) is 0 Å². The second kappa shape index (κ2) is 3.62. The molecule has 2 aromatic rings. The number of anilines is 1. The maximum atomic E-state index is 9.76. The first-order chi connectivity index (χ1) is 8.18. The van der Waals surface area contributed by atoms with Crippen LogP contribution in [-0.4, -0.2) is 48.5 Å². The highest BCUT2D eigenvalue weighted by Crippen LogP contribution is 2.27. The zero-order chi connectivity index (χ0) is 12.0. The molecule has 8 heteroatoms. The van der Waals surface area contributed by atoms with Crippen molar-refractivity contribution >= 4 is 17.0 Å². The van der Waals surface area contributed by atoms with Gasteiger partial charge in [-0.3, -0.25) is 4.57 Å². The molecular formula is C9H11N5O3. The lowest BCUT2D eigenvalue weighted by Crippen LogP contribution is -2.28. The van der Waals surface area contributed by atoms with Crippen LogP contribution in [0.25, 0.3) is 11.2 Å². The molecule has 2 unspecified atom stereocenters. The van der Waals surface area contributed by atoms with Crippen LogP contribution < -0.4 is 5.73 Å². The van der Waals surface area contributed by atoms with E-state index in [0.29, 0.717) is 11.2 Å². The van der Waals surface area contributed by atoms with Gasteiger partial charge in [0.05, 0.1) is 12.9 Å². The highest BCUT2D eigenvalue weighted by atomic mass is 16.5. The van der Waals surface area contributed by atoms with Crippen LogP contribution in [0.2, 0.25) is 0 Å². The molecule has 0 radical (unpaired) electrons. The molecule has 17 heavy (non-hydrogen) atoms. The summed E-state index contributed by atoms with van der Waals surface area (Å²) in [6.07, 6.45) is 0.152. The third kappa shape index (κ3) is 1.46. The minimum absolute atomic E-state index is 0.0755. The van der Waals surface area contributed by atoms with Gasteiger partial charge in [0.1, 0.15) is 24.1 Å². The number of nitrogens with zero attached hydrogens (tertiary/aromatic N) is 4. The molecule has 0 saturated carbocycles. The van der Waals surface area contributed by atoms with E-state index >= 15 is 0 Å². The summed E-state index contributed by atoms with van der Waals surface area (Å²) in [5.74, 6) is 0.266. The Morgan fingerprint density at radius 1 is 1.35 bits per heavy atom. The maximum Gasteiger partial charge on any atom is 0.167 e. The molecule has 3 heterocycles. The van der Waals surface area contributed by atoms with Gasteiger partial charge in [0.2, 0.25) is 0 Å². The second-order valence-electron chi connectivity index (χ2n) is 3.86. The largest absolute Gasteiger partial charge is 0.388 e. The van der Waals surface area contributed by atoms with Crippen molar-refractivity contribution < 1.29 is 14.9 Å². The van der Waals surface area contributed by atoms with E-state index in [4.69, 9.17) is 10.5 Å². The Hall–Kier alpha value is -1.77. The third-order valence-corrected chi connectivity index (χ3v) is 2.79. The van der Waals surface area contributed by atoms with Gasteiger partial charge in [-0.2, -0.15) is 0 Å². The third-order valence-electron chi connectivity index (χ3n) is 2.79. The Kier molecular flexibility index (Phi) is 2.21. The van der Waals surface area contributed by atoms with Crippen molar-refractivity contribution in [3.8, 4) is 0 Å². The monoisotopic (exact) mass is 237 g/mol. The highest BCUT2D eigenvalue weighted by molar-refractivity contribution is 5.81. The Morgan fingerprint density at radius 3 is 2.88 bits per heavy atom. The van der Waals surface area contributed by atoms with Crippen molar-refractivity contribution in [2.24, 2.45) is 0 Å². The average Bonchev–Trinajstić information content (AvgIpc) is 2.86. The summed E-state index contributed by atoms with van der Waals surface area (Å²) >= 11 is 0. The van der Waals surface area contributed by atoms with E-state index in [1.54, 1.807) is 0 Å².